The SMILES string of the molecule is CCOC(=O)c1cc2c(cc1F)NCCC2. The number of halogens is 1. The molecule has 0 bridgehead atoms. The summed E-state index contributed by atoms with van der Waals surface area (Å²) in [5.74, 6) is -1.11. The van der Waals surface area contributed by atoms with Gasteiger partial charge in [-0.15, -0.1) is 0 Å². The number of nitrogens with one attached hydrogen (secondary N) is 1. The summed E-state index contributed by atoms with van der Waals surface area (Å²) in [5, 5.41) is 3.11. The Balaban J connectivity index is 2.35. The molecule has 0 aromatic heterocycles. The monoisotopic (exact) mass is 223 g/mol. The van der Waals surface area contributed by atoms with Gasteiger partial charge in [-0.25, -0.2) is 9.18 Å². The van der Waals surface area contributed by atoms with Crippen LogP contribution >= 0.6 is 0 Å². The predicted molar refractivity (Wildman–Crippen MR) is 59.2 cm³/mol. The fourth-order valence-corrected chi connectivity index (χ4v) is 1.86. The second-order valence-electron chi connectivity index (χ2n) is 3.74. The summed E-state index contributed by atoms with van der Waals surface area (Å²) in [6.45, 7) is 2.81. The molecule has 0 atom stereocenters. The average Bonchev–Trinajstić information content (AvgIpc) is 2.28. The zero-order valence-electron chi connectivity index (χ0n) is 9.18. The van der Waals surface area contributed by atoms with Crippen LogP contribution in [0.4, 0.5) is 10.1 Å². The van der Waals surface area contributed by atoms with Crippen molar-refractivity contribution in [3.8, 4) is 0 Å². The molecule has 0 saturated carbocycles. The third-order valence-electron chi connectivity index (χ3n) is 2.63. The zero-order chi connectivity index (χ0) is 11.5. The van der Waals surface area contributed by atoms with E-state index in [-0.39, 0.29) is 12.2 Å². The number of anilines is 1. The van der Waals surface area contributed by atoms with Gasteiger partial charge in [0.15, 0.2) is 0 Å². The van der Waals surface area contributed by atoms with Crippen LogP contribution in [0.3, 0.4) is 0 Å². The summed E-state index contributed by atoms with van der Waals surface area (Å²) >= 11 is 0. The first-order chi connectivity index (χ1) is 7.72. The molecule has 0 spiro atoms. The Morgan fingerprint density at radius 3 is 3.12 bits per heavy atom. The lowest BCUT2D eigenvalue weighted by atomic mass is 10.0. The minimum Gasteiger partial charge on any atom is -0.462 e. The van der Waals surface area contributed by atoms with E-state index < -0.39 is 11.8 Å². The van der Waals surface area contributed by atoms with E-state index in [0.717, 1.165) is 30.6 Å². The number of benzene rings is 1. The average molecular weight is 223 g/mol. The summed E-state index contributed by atoms with van der Waals surface area (Å²) in [4.78, 5) is 11.5. The molecule has 1 N–H and O–H groups in total. The van der Waals surface area contributed by atoms with Gasteiger partial charge in [0.1, 0.15) is 5.82 Å². The third-order valence-corrected chi connectivity index (χ3v) is 2.63. The number of rotatable bonds is 2. The maximum Gasteiger partial charge on any atom is 0.341 e. The molecule has 1 aromatic carbocycles. The van der Waals surface area contributed by atoms with Gasteiger partial charge in [0, 0.05) is 12.2 Å². The largest absolute Gasteiger partial charge is 0.462 e. The predicted octanol–water partition coefficient (Wildman–Crippen LogP) is 2.36. The fourth-order valence-electron chi connectivity index (χ4n) is 1.86. The summed E-state index contributed by atoms with van der Waals surface area (Å²) in [5.41, 5.74) is 1.80. The molecule has 0 radical (unpaired) electrons. The molecule has 0 amide bonds. The topological polar surface area (TPSA) is 38.3 Å². The Hall–Kier alpha value is -1.58. The Bertz CT molecular complexity index is 418. The number of esters is 1. The fraction of sp³-hybridized carbons (Fsp3) is 0.417. The van der Waals surface area contributed by atoms with Gasteiger partial charge in [-0.2, -0.15) is 0 Å². The number of aryl methyl sites for hydroxylation is 1. The zero-order valence-corrected chi connectivity index (χ0v) is 9.18. The van der Waals surface area contributed by atoms with Crippen LogP contribution in [0.1, 0.15) is 29.3 Å². The maximum absolute atomic E-state index is 13.6. The van der Waals surface area contributed by atoms with E-state index in [2.05, 4.69) is 5.32 Å². The highest BCUT2D eigenvalue weighted by atomic mass is 19.1. The minimum atomic E-state index is -0.589. The van der Waals surface area contributed by atoms with E-state index in [0.29, 0.717) is 0 Å². The van der Waals surface area contributed by atoms with Crippen molar-refractivity contribution >= 4 is 11.7 Å². The van der Waals surface area contributed by atoms with Gasteiger partial charge in [-0.1, -0.05) is 0 Å². The number of fused-ring (bicyclic) bond motifs is 1. The van der Waals surface area contributed by atoms with Gasteiger partial charge in [0.2, 0.25) is 0 Å². The van der Waals surface area contributed by atoms with Crippen LogP contribution in [0.5, 0.6) is 0 Å². The van der Waals surface area contributed by atoms with Crippen molar-refractivity contribution < 1.29 is 13.9 Å². The normalized spacial score (nSPS) is 13.9. The maximum atomic E-state index is 13.6. The van der Waals surface area contributed by atoms with E-state index in [4.69, 9.17) is 4.74 Å². The molecule has 4 heteroatoms. The molecule has 1 aromatic rings. The van der Waals surface area contributed by atoms with Crippen molar-refractivity contribution in [3.05, 3.63) is 29.1 Å². The summed E-state index contributed by atoms with van der Waals surface area (Å²) in [6, 6.07) is 2.97. The van der Waals surface area contributed by atoms with Gasteiger partial charge >= 0.3 is 5.97 Å². The summed E-state index contributed by atoms with van der Waals surface area (Å²) < 4.78 is 18.4. The van der Waals surface area contributed by atoms with E-state index in [1.165, 1.54) is 6.07 Å². The highest BCUT2D eigenvalue weighted by Crippen LogP contribution is 2.25. The molecule has 2 rings (SSSR count). The lowest BCUT2D eigenvalue weighted by molar-refractivity contribution is 0.0521. The highest BCUT2D eigenvalue weighted by Gasteiger charge is 2.18. The van der Waals surface area contributed by atoms with E-state index >= 15 is 0 Å². The molecule has 3 nitrogen and oxygen atoms in total. The summed E-state index contributed by atoms with van der Waals surface area (Å²) in [6.07, 6.45) is 1.87. The molecule has 0 fully saturated rings. The van der Waals surface area contributed by atoms with Gasteiger partial charge in [-0.05, 0) is 37.5 Å². The number of hydrogen-bond acceptors (Lipinski definition) is 3. The molecule has 16 heavy (non-hydrogen) atoms. The molecule has 1 aliphatic rings. The molecular weight excluding hydrogens is 209 g/mol. The first-order valence-electron chi connectivity index (χ1n) is 5.45. The summed E-state index contributed by atoms with van der Waals surface area (Å²) in [7, 11) is 0. The van der Waals surface area contributed by atoms with Crippen LogP contribution in [-0.2, 0) is 11.2 Å². The minimum absolute atomic E-state index is 0.0318. The smallest absolute Gasteiger partial charge is 0.341 e. The van der Waals surface area contributed by atoms with E-state index in [1.54, 1.807) is 13.0 Å². The van der Waals surface area contributed by atoms with Crippen molar-refractivity contribution in [3.63, 3.8) is 0 Å². The molecule has 1 heterocycles. The van der Waals surface area contributed by atoms with E-state index in [9.17, 15) is 9.18 Å². The van der Waals surface area contributed by atoms with E-state index in [1.807, 2.05) is 0 Å². The quantitative estimate of drug-likeness (QED) is 0.782. The lowest BCUT2D eigenvalue weighted by Gasteiger charge is -2.18. The van der Waals surface area contributed by atoms with Gasteiger partial charge in [0.05, 0.1) is 12.2 Å². The molecule has 0 unspecified atom stereocenters. The van der Waals surface area contributed by atoms with Crippen LogP contribution in [0.25, 0.3) is 0 Å². The first kappa shape index (κ1) is 10.9. The Labute approximate surface area is 93.6 Å². The number of carbonyl (C=O) groups is 1. The Morgan fingerprint density at radius 1 is 1.56 bits per heavy atom. The van der Waals surface area contributed by atoms with Crippen molar-refractivity contribution in [2.45, 2.75) is 19.8 Å². The lowest BCUT2D eigenvalue weighted by Crippen LogP contribution is -2.15. The van der Waals surface area contributed by atoms with Gasteiger partial charge in [0.25, 0.3) is 0 Å². The van der Waals surface area contributed by atoms with Crippen LogP contribution in [0.15, 0.2) is 12.1 Å². The van der Waals surface area contributed by atoms with Crippen molar-refractivity contribution in [2.75, 3.05) is 18.5 Å². The second-order valence-corrected chi connectivity index (χ2v) is 3.74. The van der Waals surface area contributed by atoms with Crippen molar-refractivity contribution in [1.29, 1.82) is 0 Å². The van der Waals surface area contributed by atoms with Crippen molar-refractivity contribution in [2.24, 2.45) is 0 Å². The van der Waals surface area contributed by atoms with Crippen molar-refractivity contribution in [1.82, 2.24) is 0 Å². The standard InChI is InChI=1S/C12H14FNO2/c1-2-16-12(15)9-6-8-4-3-5-14-11(8)7-10(9)13/h6-7,14H,2-5H2,1H3. The second kappa shape index (κ2) is 4.51. The van der Waals surface area contributed by atoms with Gasteiger partial charge in [-0.3, -0.25) is 0 Å². The number of hydrogen-bond donors (Lipinski definition) is 1. The highest BCUT2D eigenvalue weighted by molar-refractivity contribution is 5.90. The van der Waals surface area contributed by atoms with Crippen LogP contribution in [0.2, 0.25) is 0 Å². The molecule has 86 valence electrons. The van der Waals surface area contributed by atoms with Crippen LogP contribution in [-0.4, -0.2) is 19.1 Å². The molecular formula is C12H14FNO2. The molecule has 1 aliphatic heterocycles. The Kier molecular flexibility index (Phi) is 3.08. The molecule has 0 aliphatic carbocycles. The number of carbonyl (C=O) groups excluding carboxylic acids is 1. The van der Waals surface area contributed by atoms with Gasteiger partial charge < -0.3 is 10.1 Å². The molecule has 0 saturated heterocycles. The first-order valence-corrected chi connectivity index (χ1v) is 5.45. The van der Waals surface area contributed by atoms with Crippen LogP contribution in [0, 0.1) is 5.82 Å². The third kappa shape index (κ3) is 2.01. The van der Waals surface area contributed by atoms with Crippen LogP contribution < -0.4 is 5.32 Å². The number of ether oxygens (including phenoxy) is 1. The Morgan fingerprint density at radius 2 is 2.38 bits per heavy atom.